The second-order valence-electron chi connectivity index (χ2n) is 9.44. The Labute approximate surface area is 221 Å². The number of halogens is 2. The molecule has 0 spiro atoms. The van der Waals surface area contributed by atoms with E-state index in [1.807, 2.05) is 29.2 Å². The van der Waals surface area contributed by atoms with E-state index in [2.05, 4.69) is 5.32 Å². The molecular weight excluding hydrogens is 490 g/mol. The summed E-state index contributed by atoms with van der Waals surface area (Å²) < 4.78 is 31.9. The molecule has 0 unspecified atom stereocenters. The van der Waals surface area contributed by atoms with Gasteiger partial charge in [-0.25, -0.2) is 8.78 Å². The first-order valence-electron chi connectivity index (χ1n) is 12.9. The highest BCUT2D eigenvalue weighted by atomic mass is 19.2. The Morgan fingerprint density at radius 3 is 2.32 bits per heavy atom. The van der Waals surface area contributed by atoms with Crippen LogP contribution in [-0.4, -0.2) is 48.1 Å². The number of piperidine rings is 1. The number of aliphatic hydroxyl groups excluding tert-OH is 1. The standard InChI is InChI=1S/C30H32F2N2O4/c31-27-12-2-21(20-28(27)32)3-13-29(36)33-25-8-4-22(5-9-25)23-14-16-34(17-15-23)30(37)24-6-10-26(11-7-24)38-19-1-18-35/h2,4-12,20,23,35H,1,3,13-19H2,(H,33,36). The lowest BCUT2D eigenvalue weighted by atomic mass is 9.89. The zero-order chi connectivity index (χ0) is 26.9. The van der Waals surface area contributed by atoms with Crippen LogP contribution in [-0.2, 0) is 11.2 Å². The molecule has 3 aromatic carbocycles. The number of carbonyl (C=O) groups is 2. The topological polar surface area (TPSA) is 78.9 Å². The Kier molecular flexibility index (Phi) is 9.43. The van der Waals surface area contributed by atoms with Crippen LogP contribution in [0.1, 0.15) is 53.1 Å². The maximum Gasteiger partial charge on any atom is 0.253 e. The van der Waals surface area contributed by atoms with Crippen molar-refractivity contribution in [2.75, 3.05) is 31.6 Å². The van der Waals surface area contributed by atoms with Crippen LogP contribution in [0.3, 0.4) is 0 Å². The zero-order valence-corrected chi connectivity index (χ0v) is 21.2. The third-order valence-corrected chi connectivity index (χ3v) is 6.75. The van der Waals surface area contributed by atoms with Crippen molar-refractivity contribution in [3.05, 3.63) is 95.1 Å². The molecule has 1 aliphatic heterocycles. The quantitative estimate of drug-likeness (QED) is 0.354. The Morgan fingerprint density at radius 2 is 1.66 bits per heavy atom. The number of nitrogens with one attached hydrogen (secondary N) is 1. The van der Waals surface area contributed by atoms with Crippen molar-refractivity contribution in [3.63, 3.8) is 0 Å². The zero-order valence-electron chi connectivity index (χ0n) is 21.2. The normalized spacial score (nSPS) is 13.8. The van der Waals surface area contributed by atoms with E-state index >= 15 is 0 Å². The number of amides is 2. The van der Waals surface area contributed by atoms with Gasteiger partial charge in [0.15, 0.2) is 11.6 Å². The lowest BCUT2D eigenvalue weighted by Gasteiger charge is -2.32. The number of rotatable bonds is 10. The Balaban J connectivity index is 1.22. The van der Waals surface area contributed by atoms with Gasteiger partial charge in [-0.2, -0.15) is 0 Å². The van der Waals surface area contributed by atoms with Crippen molar-refractivity contribution in [2.45, 2.75) is 38.0 Å². The molecule has 6 nitrogen and oxygen atoms in total. The lowest BCUT2D eigenvalue weighted by Crippen LogP contribution is -2.37. The molecule has 0 bridgehead atoms. The third-order valence-electron chi connectivity index (χ3n) is 6.75. The van der Waals surface area contributed by atoms with Crippen molar-refractivity contribution >= 4 is 17.5 Å². The summed E-state index contributed by atoms with van der Waals surface area (Å²) in [7, 11) is 0. The molecule has 0 radical (unpaired) electrons. The predicted octanol–water partition coefficient (Wildman–Crippen LogP) is 5.32. The van der Waals surface area contributed by atoms with E-state index in [4.69, 9.17) is 9.84 Å². The Bertz CT molecular complexity index is 1220. The first kappa shape index (κ1) is 27.3. The van der Waals surface area contributed by atoms with Crippen LogP contribution in [0.25, 0.3) is 0 Å². The molecule has 3 aromatic rings. The molecule has 2 amide bonds. The summed E-state index contributed by atoms with van der Waals surface area (Å²) >= 11 is 0. The Hall–Kier alpha value is -3.78. The van der Waals surface area contributed by atoms with Gasteiger partial charge in [0.2, 0.25) is 5.91 Å². The summed E-state index contributed by atoms with van der Waals surface area (Å²) in [6.07, 6.45) is 2.76. The van der Waals surface area contributed by atoms with E-state index in [1.54, 1.807) is 24.3 Å². The van der Waals surface area contributed by atoms with Gasteiger partial charge < -0.3 is 20.1 Å². The molecule has 200 valence electrons. The monoisotopic (exact) mass is 522 g/mol. The molecule has 1 fully saturated rings. The number of hydrogen-bond donors (Lipinski definition) is 2. The molecule has 0 atom stereocenters. The fourth-order valence-electron chi connectivity index (χ4n) is 4.56. The number of nitrogens with zero attached hydrogens (tertiary/aromatic N) is 1. The molecule has 2 N–H and O–H groups in total. The van der Waals surface area contributed by atoms with E-state index in [0.717, 1.165) is 25.0 Å². The highest BCUT2D eigenvalue weighted by Gasteiger charge is 2.24. The van der Waals surface area contributed by atoms with Crippen LogP contribution < -0.4 is 10.1 Å². The van der Waals surface area contributed by atoms with E-state index < -0.39 is 11.6 Å². The molecule has 38 heavy (non-hydrogen) atoms. The minimum atomic E-state index is -0.913. The third kappa shape index (κ3) is 7.38. The molecule has 0 aromatic heterocycles. The van der Waals surface area contributed by atoms with Gasteiger partial charge in [-0.1, -0.05) is 18.2 Å². The minimum Gasteiger partial charge on any atom is -0.494 e. The van der Waals surface area contributed by atoms with E-state index in [1.165, 1.54) is 11.6 Å². The van der Waals surface area contributed by atoms with Crippen LogP contribution >= 0.6 is 0 Å². The minimum absolute atomic E-state index is 0.00629. The lowest BCUT2D eigenvalue weighted by molar-refractivity contribution is -0.116. The average Bonchev–Trinajstić information content (AvgIpc) is 2.94. The Morgan fingerprint density at radius 1 is 0.947 bits per heavy atom. The number of hydrogen-bond acceptors (Lipinski definition) is 4. The molecule has 0 saturated carbocycles. The SMILES string of the molecule is O=C(CCc1ccc(F)c(F)c1)Nc1ccc(C2CCN(C(=O)c3ccc(OCCCO)cc3)CC2)cc1. The summed E-state index contributed by atoms with van der Waals surface area (Å²) in [5.74, 6) is -0.992. The van der Waals surface area contributed by atoms with Crippen molar-refractivity contribution < 1.29 is 28.2 Å². The van der Waals surface area contributed by atoms with Crippen molar-refractivity contribution in [1.29, 1.82) is 0 Å². The average molecular weight is 523 g/mol. The number of likely N-dealkylation sites (tertiary alicyclic amines) is 1. The van der Waals surface area contributed by atoms with Crippen LogP contribution in [0, 0.1) is 11.6 Å². The molecule has 0 aliphatic carbocycles. The molecule has 1 aliphatic rings. The first-order chi connectivity index (χ1) is 18.4. The summed E-state index contributed by atoms with van der Waals surface area (Å²) in [5.41, 5.74) is 3.05. The smallest absolute Gasteiger partial charge is 0.253 e. The summed E-state index contributed by atoms with van der Waals surface area (Å²) in [4.78, 5) is 27.1. The second kappa shape index (κ2) is 13.1. The molecule has 1 saturated heterocycles. The van der Waals surface area contributed by atoms with Gasteiger partial charge >= 0.3 is 0 Å². The van der Waals surface area contributed by atoms with Crippen molar-refractivity contribution in [2.24, 2.45) is 0 Å². The number of ether oxygens (including phenoxy) is 1. The van der Waals surface area contributed by atoms with Gasteiger partial charge in [0.25, 0.3) is 5.91 Å². The molecule has 4 rings (SSSR count). The van der Waals surface area contributed by atoms with Crippen LogP contribution in [0.5, 0.6) is 5.75 Å². The van der Waals surface area contributed by atoms with Gasteiger partial charge in [-0.05, 0) is 84.8 Å². The van der Waals surface area contributed by atoms with Gasteiger partial charge in [-0.3, -0.25) is 9.59 Å². The first-order valence-corrected chi connectivity index (χ1v) is 12.9. The number of carbonyl (C=O) groups excluding carboxylic acids is 2. The summed E-state index contributed by atoms with van der Waals surface area (Å²) in [6, 6.07) is 18.5. The molecule has 1 heterocycles. The van der Waals surface area contributed by atoms with Crippen molar-refractivity contribution in [1.82, 2.24) is 4.90 Å². The maximum absolute atomic E-state index is 13.3. The summed E-state index contributed by atoms with van der Waals surface area (Å²) in [5, 5.41) is 11.7. The molecule has 8 heteroatoms. The van der Waals surface area contributed by atoms with Crippen LogP contribution in [0.2, 0.25) is 0 Å². The van der Waals surface area contributed by atoms with E-state index in [-0.39, 0.29) is 24.8 Å². The van der Waals surface area contributed by atoms with Crippen molar-refractivity contribution in [3.8, 4) is 5.75 Å². The molecular formula is C30H32F2N2O4. The second-order valence-corrected chi connectivity index (χ2v) is 9.44. The van der Waals surface area contributed by atoms with E-state index in [9.17, 15) is 18.4 Å². The fraction of sp³-hybridized carbons (Fsp3) is 0.333. The maximum atomic E-state index is 13.3. The van der Waals surface area contributed by atoms with Gasteiger partial charge in [-0.15, -0.1) is 0 Å². The fourth-order valence-corrected chi connectivity index (χ4v) is 4.56. The predicted molar refractivity (Wildman–Crippen MR) is 141 cm³/mol. The number of aliphatic hydroxyl groups is 1. The van der Waals surface area contributed by atoms with Crippen LogP contribution in [0.4, 0.5) is 14.5 Å². The number of anilines is 1. The number of aryl methyl sites for hydroxylation is 1. The van der Waals surface area contributed by atoms with E-state index in [0.29, 0.717) is 61.0 Å². The van der Waals surface area contributed by atoms with Gasteiger partial charge in [0, 0.05) is 43.8 Å². The van der Waals surface area contributed by atoms with Crippen LogP contribution in [0.15, 0.2) is 66.7 Å². The number of benzene rings is 3. The largest absolute Gasteiger partial charge is 0.494 e. The highest BCUT2D eigenvalue weighted by molar-refractivity contribution is 5.94. The van der Waals surface area contributed by atoms with Gasteiger partial charge in [0.05, 0.1) is 6.61 Å². The highest BCUT2D eigenvalue weighted by Crippen LogP contribution is 2.30. The summed E-state index contributed by atoms with van der Waals surface area (Å²) in [6.45, 7) is 1.85. The van der Waals surface area contributed by atoms with Gasteiger partial charge in [0.1, 0.15) is 5.75 Å².